The van der Waals surface area contributed by atoms with Crippen LogP contribution in [-0.2, 0) is 4.79 Å². The van der Waals surface area contributed by atoms with Crippen LogP contribution < -0.4 is 11.1 Å². The first kappa shape index (κ1) is 14.6. The van der Waals surface area contributed by atoms with Crippen LogP contribution in [0.1, 0.15) is 74.1 Å². The minimum atomic E-state index is -0.00259. The Bertz CT molecular complexity index is 546. The highest BCUT2D eigenvalue weighted by atomic mass is 16.2. The van der Waals surface area contributed by atoms with Crippen LogP contribution in [0.4, 0.5) is 5.69 Å². The second kappa shape index (κ2) is 5.80. The highest BCUT2D eigenvalue weighted by molar-refractivity contribution is 6.03. The van der Waals surface area contributed by atoms with Gasteiger partial charge >= 0.3 is 0 Å². The van der Waals surface area contributed by atoms with E-state index in [1.54, 1.807) is 0 Å². The standard InChI is InChI=1S/C18H26N2O/c1-3-13-14-9-11(2)10-15(17(14)20-18(13)21)16(19)12-7-5-4-6-8-12/h9-10,12-13,16H,3-8,19H2,1-2H3,(H,20,21). The van der Waals surface area contributed by atoms with Crippen molar-refractivity contribution in [2.24, 2.45) is 11.7 Å². The van der Waals surface area contributed by atoms with Gasteiger partial charge in [0.15, 0.2) is 0 Å². The van der Waals surface area contributed by atoms with E-state index in [9.17, 15) is 4.79 Å². The lowest BCUT2D eigenvalue weighted by Gasteiger charge is -2.29. The Labute approximate surface area is 127 Å². The predicted octanol–water partition coefficient (Wildman–Crippen LogP) is 4.02. The van der Waals surface area contributed by atoms with Gasteiger partial charge in [0.2, 0.25) is 5.91 Å². The van der Waals surface area contributed by atoms with Gasteiger partial charge in [-0.3, -0.25) is 4.79 Å². The third-order valence-electron chi connectivity index (χ3n) is 5.21. The third-order valence-corrected chi connectivity index (χ3v) is 5.21. The molecule has 0 spiro atoms. The Morgan fingerprint density at radius 2 is 2.00 bits per heavy atom. The zero-order valence-electron chi connectivity index (χ0n) is 13.1. The molecule has 3 rings (SSSR count). The summed E-state index contributed by atoms with van der Waals surface area (Å²) >= 11 is 0. The van der Waals surface area contributed by atoms with Crippen molar-refractivity contribution in [3.05, 3.63) is 28.8 Å². The van der Waals surface area contributed by atoms with Crippen molar-refractivity contribution in [1.29, 1.82) is 0 Å². The summed E-state index contributed by atoms with van der Waals surface area (Å²) in [5.74, 6) is 0.689. The van der Waals surface area contributed by atoms with Crippen LogP contribution in [0.5, 0.6) is 0 Å². The zero-order valence-corrected chi connectivity index (χ0v) is 13.1. The minimum absolute atomic E-state index is 0.00259. The summed E-state index contributed by atoms with van der Waals surface area (Å²) in [6.45, 7) is 4.18. The number of fused-ring (bicyclic) bond motifs is 1. The van der Waals surface area contributed by atoms with E-state index in [0.717, 1.165) is 23.2 Å². The molecule has 0 aromatic heterocycles. The van der Waals surface area contributed by atoms with E-state index >= 15 is 0 Å². The van der Waals surface area contributed by atoms with E-state index in [0.29, 0.717) is 5.92 Å². The van der Waals surface area contributed by atoms with Gasteiger partial charge in [-0.15, -0.1) is 0 Å². The molecule has 3 N–H and O–H groups in total. The van der Waals surface area contributed by atoms with E-state index in [-0.39, 0.29) is 17.9 Å². The molecule has 1 aromatic carbocycles. The Hall–Kier alpha value is -1.35. The van der Waals surface area contributed by atoms with Crippen LogP contribution >= 0.6 is 0 Å². The first-order chi connectivity index (χ1) is 10.1. The SMILES string of the molecule is CCC1C(=O)Nc2c1cc(C)cc2C(N)C1CCCCC1. The first-order valence-corrected chi connectivity index (χ1v) is 8.32. The summed E-state index contributed by atoms with van der Waals surface area (Å²) < 4.78 is 0. The molecule has 1 aliphatic carbocycles. The monoisotopic (exact) mass is 286 g/mol. The van der Waals surface area contributed by atoms with E-state index < -0.39 is 0 Å². The quantitative estimate of drug-likeness (QED) is 0.881. The molecular weight excluding hydrogens is 260 g/mol. The summed E-state index contributed by atoms with van der Waals surface area (Å²) in [4.78, 5) is 12.2. The van der Waals surface area contributed by atoms with Gasteiger partial charge in [-0.1, -0.05) is 43.9 Å². The van der Waals surface area contributed by atoms with Gasteiger partial charge in [-0.05, 0) is 43.2 Å². The van der Waals surface area contributed by atoms with Gasteiger partial charge in [-0.25, -0.2) is 0 Å². The van der Waals surface area contributed by atoms with Gasteiger partial charge in [-0.2, -0.15) is 0 Å². The number of rotatable bonds is 3. The second-order valence-electron chi connectivity index (χ2n) is 6.69. The molecule has 3 nitrogen and oxygen atoms in total. The van der Waals surface area contributed by atoms with Crippen LogP contribution in [-0.4, -0.2) is 5.91 Å². The molecule has 0 saturated heterocycles. The molecule has 1 aromatic rings. The number of carbonyl (C=O) groups excluding carboxylic acids is 1. The van der Waals surface area contributed by atoms with E-state index in [1.165, 1.54) is 37.7 Å². The number of nitrogens with one attached hydrogen (secondary N) is 1. The average molecular weight is 286 g/mol. The number of benzene rings is 1. The van der Waals surface area contributed by atoms with Gasteiger partial charge in [0, 0.05) is 11.7 Å². The summed E-state index contributed by atoms with van der Waals surface area (Å²) in [5, 5.41) is 3.10. The van der Waals surface area contributed by atoms with Crippen molar-refractivity contribution < 1.29 is 4.79 Å². The van der Waals surface area contributed by atoms with E-state index in [2.05, 4.69) is 31.3 Å². The number of amides is 1. The Morgan fingerprint density at radius 3 is 2.67 bits per heavy atom. The van der Waals surface area contributed by atoms with Gasteiger partial charge in [0.25, 0.3) is 0 Å². The summed E-state index contributed by atoms with van der Waals surface area (Å²) in [6, 6.07) is 4.38. The molecule has 1 fully saturated rings. The molecule has 21 heavy (non-hydrogen) atoms. The number of hydrogen-bond acceptors (Lipinski definition) is 2. The Kier molecular flexibility index (Phi) is 4.03. The van der Waals surface area contributed by atoms with Crippen LogP contribution in [0.25, 0.3) is 0 Å². The maximum atomic E-state index is 12.2. The van der Waals surface area contributed by atoms with Crippen LogP contribution in [0.2, 0.25) is 0 Å². The average Bonchev–Trinajstić information content (AvgIpc) is 2.81. The number of hydrogen-bond donors (Lipinski definition) is 2. The topological polar surface area (TPSA) is 55.1 Å². The molecule has 0 radical (unpaired) electrons. The maximum Gasteiger partial charge on any atom is 0.232 e. The second-order valence-corrected chi connectivity index (χ2v) is 6.69. The molecule has 2 atom stereocenters. The van der Waals surface area contributed by atoms with Crippen molar-refractivity contribution in [3.63, 3.8) is 0 Å². The number of carbonyl (C=O) groups is 1. The fourth-order valence-corrected chi connectivity index (χ4v) is 4.03. The molecule has 1 aliphatic heterocycles. The fourth-order valence-electron chi connectivity index (χ4n) is 4.03. The van der Waals surface area contributed by atoms with Crippen molar-refractivity contribution in [3.8, 4) is 0 Å². The zero-order chi connectivity index (χ0) is 15.0. The summed E-state index contributed by atoms with van der Waals surface area (Å²) in [7, 11) is 0. The largest absolute Gasteiger partial charge is 0.325 e. The smallest absolute Gasteiger partial charge is 0.232 e. The molecule has 114 valence electrons. The van der Waals surface area contributed by atoms with Crippen molar-refractivity contribution in [1.82, 2.24) is 0 Å². The number of nitrogens with two attached hydrogens (primary N) is 1. The maximum absolute atomic E-state index is 12.2. The molecule has 0 bridgehead atoms. The fraction of sp³-hybridized carbons (Fsp3) is 0.611. The van der Waals surface area contributed by atoms with E-state index in [4.69, 9.17) is 5.73 Å². The molecule has 1 saturated carbocycles. The van der Waals surface area contributed by atoms with Crippen LogP contribution in [0.3, 0.4) is 0 Å². The van der Waals surface area contributed by atoms with E-state index in [1.807, 2.05) is 0 Å². The molecule has 1 heterocycles. The summed E-state index contributed by atoms with van der Waals surface area (Å²) in [5.41, 5.74) is 11.1. The van der Waals surface area contributed by atoms with Crippen molar-refractivity contribution in [2.75, 3.05) is 5.32 Å². The first-order valence-electron chi connectivity index (χ1n) is 8.32. The normalized spacial score (nSPS) is 23.8. The lowest BCUT2D eigenvalue weighted by Crippen LogP contribution is -2.24. The minimum Gasteiger partial charge on any atom is -0.325 e. The lowest BCUT2D eigenvalue weighted by atomic mass is 9.80. The van der Waals surface area contributed by atoms with Gasteiger partial charge in [0.1, 0.15) is 0 Å². The molecule has 2 aliphatic rings. The number of aryl methyl sites for hydroxylation is 1. The molecule has 2 unspecified atom stereocenters. The van der Waals surface area contributed by atoms with Crippen LogP contribution in [0.15, 0.2) is 12.1 Å². The highest BCUT2D eigenvalue weighted by Crippen LogP contribution is 2.43. The highest BCUT2D eigenvalue weighted by Gasteiger charge is 2.33. The van der Waals surface area contributed by atoms with Crippen LogP contribution in [0, 0.1) is 12.8 Å². The summed E-state index contributed by atoms with van der Waals surface area (Å²) in [6.07, 6.45) is 7.20. The van der Waals surface area contributed by atoms with Crippen molar-refractivity contribution in [2.45, 2.75) is 64.3 Å². The predicted molar refractivity (Wildman–Crippen MR) is 86.3 cm³/mol. The Morgan fingerprint density at radius 1 is 1.29 bits per heavy atom. The van der Waals surface area contributed by atoms with Gasteiger partial charge < -0.3 is 11.1 Å². The molecule has 3 heteroatoms. The number of anilines is 1. The Balaban J connectivity index is 1.98. The van der Waals surface area contributed by atoms with Crippen molar-refractivity contribution >= 4 is 11.6 Å². The lowest BCUT2D eigenvalue weighted by molar-refractivity contribution is -0.117. The molecule has 1 amide bonds. The third kappa shape index (κ3) is 2.59. The van der Waals surface area contributed by atoms with Gasteiger partial charge in [0.05, 0.1) is 5.92 Å². The molecular formula is C18H26N2O.